The molecule has 5 rings (SSSR count). The number of ether oxygens (including phenoxy) is 15. The van der Waals surface area contributed by atoms with Gasteiger partial charge in [0.05, 0.1) is 23.0 Å². The number of benzene rings is 3. The minimum Gasteiger partial charge on any atom is -0.461 e. The number of esters is 5. The summed E-state index contributed by atoms with van der Waals surface area (Å²) < 4.78 is 63.4. The third-order valence-corrected chi connectivity index (χ3v) is 16.1. The maximum Gasteiger partial charge on any atom is 0.514 e. The van der Waals surface area contributed by atoms with Gasteiger partial charge in [-0.15, -0.1) is 0 Å². The maximum absolute atomic E-state index is 14.1. The highest BCUT2D eigenvalue weighted by molar-refractivity contribution is 6.70. The van der Waals surface area contributed by atoms with Crippen LogP contribution in [0.1, 0.15) is 61.8 Å². The van der Waals surface area contributed by atoms with Crippen LogP contribution in [0.4, 0.5) is 24.0 Å². The zero-order valence-corrected chi connectivity index (χ0v) is 72.3. The Kier molecular flexibility index (Phi) is 39.7. The topological polar surface area (TPSA) is 370 Å². The second-order valence-corrected chi connectivity index (χ2v) is 41.1. The van der Waals surface area contributed by atoms with E-state index in [0.29, 0.717) is 5.56 Å². The van der Waals surface area contributed by atoms with Gasteiger partial charge >= 0.3 is 60.6 Å². The number of rotatable bonds is 23. The molecule has 0 aromatic heterocycles. The van der Waals surface area contributed by atoms with E-state index in [9.17, 15) is 63.3 Å². The van der Waals surface area contributed by atoms with Crippen LogP contribution in [0, 0.1) is 17.8 Å². The smallest absolute Gasteiger partial charge is 0.461 e. The molecule has 0 heterocycles. The maximum atomic E-state index is 14.1. The van der Waals surface area contributed by atoms with Crippen LogP contribution in [-0.2, 0) is 71.3 Å². The first-order chi connectivity index (χ1) is 51.3. The fourth-order valence-electron chi connectivity index (χ4n) is 9.05. The summed E-state index contributed by atoms with van der Waals surface area (Å²) in [7, 11) is 0. The number of carbonyl (C=O) groups is 10. The molecule has 2 fully saturated rings. The molecule has 6 atom stereocenters. The van der Waals surface area contributed by atoms with E-state index in [-0.39, 0.29) is 35.3 Å². The highest BCUT2D eigenvalue weighted by atomic mass is 35.6. The molecule has 2 saturated carbocycles. The molecule has 622 valence electrons. The number of hydrogen-bond donors (Lipinski definition) is 3. The van der Waals surface area contributed by atoms with E-state index >= 15 is 0 Å². The van der Waals surface area contributed by atoms with Gasteiger partial charge in [-0.1, -0.05) is 268 Å². The van der Waals surface area contributed by atoms with Crippen molar-refractivity contribution in [3.05, 3.63) is 95.1 Å². The van der Waals surface area contributed by atoms with Crippen LogP contribution in [0.5, 0.6) is 28.7 Å². The summed E-state index contributed by atoms with van der Waals surface area (Å²) in [5.74, 6) is -7.75. The SMILES string of the molecule is CC1(C(=O)OCC(Cl)(Cl)Cl)C[C@@H](O)C(O)[C@H](O)C1.Cc1ccc(/C=C/C(=O)O[C@@H]2C[C@@](C)(C(=O)OCC(Cl)(Cl)Cl)C[C@@H](OC(=O)/C=C/c3ccc(OC(=O)OCC(Cl)(Cl)Cl)c(OC(=O)OCC(Cl)(Cl)Cl)c3)[C@@H]2OC(=O)/C=C/c2ccc(OC(=O)OCC(Cl)(Cl)Cl)c(OC(=O)OCC(Cl)(Cl)Cl)c2)cc1OC(=O)OCC(Cl)(Cl)Cl. The van der Waals surface area contributed by atoms with E-state index < -0.39 is 217 Å². The van der Waals surface area contributed by atoms with Gasteiger partial charge in [-0.3, -0.25) is 9.59 Å². The summed E-state index contributed by atoms with van der Waals surface area (Å²) >= 11 is 119. The Balaban J connectivity index is 0.00000128. The van der Waals surface area contributed by atoms with Gasteiger partial charge in [0.1, 0.15) is 70.3 Å². The number of hydrogen-bond acceptors (Lipinski definition) is 28. The molecule has 3 aromatic carbocycles. The largest absolute Gasteiger partial charge is 0.514 e. The van der Waals surface area contributed by atoms with Crippen molar-refractivity contribution in [3.8, 4) is 28.7 Å². The van der Waals surface area contributed by atoms with Crippen molar-refractivity contribution in [1.82, 2.24) is 0 Å². The average Bonchev–Trinajstić information content (AvgIpc) is 0.778. The standard InChI is InChI=1S/C53H40Cl18O23.C10H15Cl3O5/c1-26-3-4-27(15-32(26)91-44(78)84-23-51(63,64)65)7-12-37(72)87-35-18-47(2,41(75)81-20-48(54,55)56)19-36(88-38(73)13-8-28-5-10-30(89-42(76)82-21-49(57,58)59)33(16-28)92-45(79)85-24-52(66,67)68)40(35)94-39(74)14-9-29-6-11-31(90-43(77)83-22-50(60,61)62)34(17-29)93-46(80)86-25-53(69,70)71;1-9(8(17)18-4-10(11,12)13)2-5(14)7(16)6(15)3-9/h3-17,35-36,40H,18-25H2,1-2H3;5-7,14-16H,2-4H2,1H3/b12-7+,13-8+,14-9+;/t35-,36-,40-,47-;5-,6-,7?,9?/m11/s1. The Morgan fingerprint density at radius 3 is 0.911 bits per heavy atom. The summed E-state index contributed by atoms with van der Waals surface area (Å²) in [5, 5.41) is 28.5. The quantitative estimate of drug-likeness (QED) is 0.0261. The number of alkyl halides is 21. The van der Waals surface area contributed by atoms with Crippen LogP contribution < -0.4 is 23.7 Å². The van der Waals surface area contributed by atoms with Crippen LogP contribution in [0.2, 0.25) is 0 Å². The minimum atomic E-state index is -2.16. The fourth-order valence-corrected chi connectivity index (χ4v) is 10.2. The molecule has 28 nitrogen and oxygen atoms in total. The molecule has 2 aliphatic carbocycles. The highest BCUT2D eigenvalue weighted by Crippen LogP contribution is 2.44. The van der Waals surface area contributed by atoms with Crippen molar-refractivity contribution < 1.29 is 134 Å². The molecule has 0 amide bonds. The van der Waals surface area contributed by atoms with E-state index in [0.717, 1.165) is 54.6 Å². The van der Waals surface area contributed by atoms with Crippen LogP contribution in [0.15, 0.2) is 72.8 Å². The van der Waals surface area contributed by atoms with Crippen LogP contribution >= 0.6 is 244 Å². The predicted octanol–water partition coefficient (Wildman–Crippen LogP) is 18.1. The number of aryl methyl sites for hydroxylation is 1. The zero-order chi connectivity index (χ0) is 84.9. The van der Waals surface area contributed by atoms with Crippen molar-refractivity contribution in [2.24, 2.45) is 10.8 Å². The predicted molar refractivity (Wildman–Crippen MR) is 417 cm³/mol. The van der Waals surface area contributed by atoms with E-state index in [2.05, 4.69) is 0 Å². The monoisotopic (exact) mass is 1990 g/mol. The molecule has 112 heavy (non-hydrogen) atoms. The Bertz CT molecular complexity index is 3900. The first-order valence-electron chi connectivity index (χ1n) is 30.4. The van der Waals surface area contributed by atoms with Gasteiger partial charge in [0.25, 0.3) is 0 Å². The summed E-state index contributed by atoms with van der Waals surface area (Å²) in [4.78, 5) is 131. The number of halogens is 21. The van der Waals surface area contributed by atoms with Crippen molar-refractivity contribution in [1.29, 1.82) is 0 Å². The van der Waals surface area contributed by atoms with Gasteiger partial charge in [0, 0.05) is 31.1 Å². The van der Waals surface area contributed by atoms with Crippen LogP contribution in [0.25, 0.3) is 18.2 Å². The molecule has 0 spiro atoms. The number of aliphatic hydroxyl groups is 3. The Hall–Kier alpha value is -3.45. The van der Waals surface area contributed by atoms with Gasteiger partial charge in [-0.25, -0.2) is 38.4 Å². The third-order valence-electron chi connectivity index (χ3n) is 13.8. The second-order valence-electron chi connectivity index (χ2n) is 23.5. The first-order valence-corrected chi connectivity index (χ1v) is 38.3. The molecular formula is C63H55Cl21O28. The van der Waals surface area contributed by atoms with Crippen molar-refractivity contribution >= 4 is 322 Å². The zero-order valence-electron chi connectivity index (χ0n) is 56.4. The first kappa shape index (κ1) is 101. The van der Waals surface area contributed by atoms with Crippen LogP contribution in [0.3, 0.4) is 0 Å². The molecule has 0 bridgehead atoms. The lowest BCUT2D eigenvalue weighted by molar-refractivity contribution is -0.201. The van der Waals surface area contributed by atoms with Gasteiger partial charge in [0.2, 0.25) is 26.5 Å². The lowest BCUT2D eigenvalue weighted by Gasteiger charge is -2.43. The molecular weight excluding hydrogens is 1950 g/mol. The molecule has 3 aromatic rings. The van der Waals surface area contributed by atoms with Crippen molar-refractivity contribution in [2.45, 2.75) is 110 Å². The molecule has 0 aliphatic heterocycles. The van der Waals surface area contributed by atoms with Crippen molar-refractivity contribution in [2.75, 3.05) is 46.2 Å². The minimum absolute atomic E-state index is 0.0151. The molecule has 49 heteroatoms. The summed E-state index contributed by atoms with van der Waals surface area (Å²) in [5.41, 5.74) is -2.39. The third kappa shape index (κ3) is 39.9. The molecule has 0 unspecified atom stereocenters. The Morgan fingerprint density at radius 2 is 0.607 bits per heavy atom. The van der Waals surface area contributed by atoms with Gasteiger partial charge in [-0.05, 0) is 104 Å². The number of aliphatic hydroxyl groups excluding tert-OH is 3. The van der Waals surface area contributed by atoms with Gasteiger partial charge in [0.15, 0.2) is 29.1 Å². The van der Waals surface area contributed by atoms with E-state index in [1.54, 1.807) is 6.92 Å². The van der Waals surface area contributed by atoms with E-state index in [1.165, 1.54) is 50.3 Å². The van der Waals surface area contributed by atoms with E-state index in [4.69, 9.17) is 315 Å². The van der Waals surface area contributed by atoms with Crippen LogP contribution in [-0.4, -0.2) is 185 Å². The summed E-state index contributed by atoms with van der Waals surface area (Å²) in [6.45, 7) is -0.751. The van der Waals surface area contributed by atoms with Gasteiger partial charge in [-0.2, -0.15) is 0 Å². The van der Waals surface area contributed by atoms with Gasteiger partial charge < -0.3 is 86.4 Å². The molecule has 3 N–H and O–H groups in total. The molecule has 0 saturated heterocycles. The summed E-state index contributed by atoms with van der Waals surface area (Å²) in [6.07, 6.45) is -11.7. The lowest BCUT2D eigenvalue weighted by Crippen LogP contribution is -2.55. The average molecular weight is 2000 g/mol. The molecule has 2 aliphatic rings. The van der Waals surface area contributed by atoms with E-state index in [1.807, 2.05) is 0 Å². The highest BCUT2D eigenvalue weighted by Gasteiger charge is 2.54. The Labute approximate surface area is 740 Å². The second kappa shape index (κ2) is 44.0. The Morgan fingerprint density at radius 1 is 0.357 bits per heavy atom. The fraction of sp³-hybridized carbons (Fsp3) is 0.460. The molecule has 0 radical (unpaired) electrons. The van der Waals surface area contributed by atoms with Crippen molar-refractivity contribution in [3.63, 3.8) is 0 Å². The number of carbonyl (C=O) groups excluding carboxylic acids is 10. The summed E-state index contributed by atoms with van der Waals surface area (Å²) in [6, 6.07) is 10.9. The lowest BCUT2D eigenvalue weighted by atomic mass is 9.71. The normalized spacial score (nSPS) is 20.3.